The Hall–Kier alpha value is -1.26. The maximum absolute atomic E-state index is 12.8. The fraction of sp³-hybridized carbons (Fsp3) is 0.125. The number of benzene rings is 1. The zero-order valence-corrected chi connectivity index (χ0v) is 6.36. The lowest BCUT2D eigenvalue weighted by molar-refractivity contribution is -0.275. The van der Waals surface area contributed by atoms with Crippen LogP contribution in [0.5, 0.6) is 5.75 Å². The lowest BCUT2D eigenvalue weighted by Crippen LogP contribution is -2.18. The van der Waals surface area contributed by atoms with Crippen molar-refractivity contribution in [3.05, 3.63) is 36.5 Å². The van der Waals surface area contributed by atoms with Gasteiger partial charge in [-0.15, -0.1) is 13.2 Å². The Morgan fingerprint density at radius 1 is 1.23 bits per heavy atom. The third-order valence-corrected chi connectivity index (χ3v) is 1.27. The van der Waals surface area contributed by atoms with E-state index >= 15 is 0 Å². The number of rotatable bonds is 1. The summed E-state index contributed by atoms with van der Waals surface area (Å²) in [5.41, 5.74) is -0.137. The Kier molecular flexibility index (Phi) is 2.45. The van der Waals surface area contributed by atoms with E-state index in [0.717, 1.165) is 6.07 Å². The predicted molar refractivity (Wildman–Crippen MR) is 37.5 cm³/mol. The van der Waals surface area contributed by atoms with Gasteiger partial charge in [-0.1, -0.05) is 12.1 Å². The molecule has 0 aliphatic carbocycles. The molecule has 0 saturated heterocycles. The van der Waals surface area contributed by atoms with Crippen molar-refractivity contribution in [2.45, 2.75) is 6.36 Å². The molecule has 0 unspecified atom stereocenters. The predicted octanol–water partition coefficient (Wildman–Crippen LogP) is 2.91. The number of ether oxygens (including phenoxy) is 1. The van der Waals surface area contributed by atoms with Crippen LogP contribution in [0, 0.1) is 12.7 Å². The smallest absolute Gasteiger partial charge is 0.403 e. The van der Waals surface area contributed by atoms with Gasteiger partial charge >= 0.3 is 6.36 Å². The fourth-order valence-corrected chi connectivity index (χ4v) is 0.760. The highest BCUT2D eigenvalue weighted by molar-refractivity contribution is 5.32. The van der Waals surface area contributed by atoms with Crippen molar-refractivity contribution in [1.29, 1.82) is 0 Å². The summed E-state index contributed by atoms with van der Waals surface area (Å²) in [5.74, 6) is -1.96. The van der Waals surface area contributed by atoms with Crippen LogP contribution in [0.15, 0.2) is 18.2 Å². The molecular weight excluding hydrogens is 188 g/mol. The monoisotopic (exact) mass is 193 g/mol. The van der Waals surface area contributed by atoms with Crippen LogP contribution in [0.2, 0.25) is 0 Å². The van der Waals surface area contributed by atoms with E-state index in [4.69, 9.17) is 0 Å². The largest absolute Gasteiger partial charge is 0.573 e. The van der Waals surface area contributed by atoms with E-state index in [-0.39, 0.29) is 5.56 Å². The summed E-state index contributed by atoms with van der Waals surface area (Å²) in [6, 6.07) is 3.36. The molecule has 1 aromatic rings. The van der Waals surface area contributed by atoms with Gasteiger partial charge in [-0.25, -0.2) is 4.39 Å². The van der Waals surface area contributed by atoms with Gasteiger partial charge in [0.1, 0.15) is 0 Å². The highest BCUT2D eigenvalue weighted by Crippen LogP contribution is 2.26. The van der Waals surface area contributed by atoms with Crippen LogP contribution < -0.4 is 4.74 Å². The molecule has 0 bridgehead atoms. The van der Waals surface area contributed by atoms with Crippen LogP contribution in [0.25, 0.3) is 0 Å². The molecule has 71 valence electrons. The van der Waals surface area contributed by atoms with Crippen LogP contribution in [-0.2, 0) is 0 Å². The van der Waals surface area contributed by atoms with Crippen LogP contribution in [0.4, 0.5) is 17.6 Å². The number of hydrogen-bond donors (Lipinski definition) is 0. The molecule has 0 aliphatic rings. The normalized spacial score (nSPS) is 11.5. The van der Waals surface area contributed by atoms with Gasteiger partial charge in [0.25, 0.3) is 0 Å². The molecule has 1 aromatic carbocycles. The van der Waals surface area contributed by atoms with Gasteiger partial charge < -0.3 is 4.74 Å². The summed E-state index contributed by atoms with van der Waals surface area (Å²) in [5, 5.41) is 0. The maximum atomic E-state index is 12.8. The molecule has 1 nitrogen and oxygen atoms in total. The molecule has 5 heteroatoms. The Morgan fingerprint density at radius 3 is 2.38 bits per heavy atom. The average molecular weight is 193 g/mol. The SMILES string of the molecule is [CH2]c1cccc(OC(F)(F)F)c1F. The van der Waals surface area contributed by atoms with Crippen LogP contribution in [-0.4, -0.2) is 6.36 Å². The zero-order valence-electron chi connectivity index (χ0n) is 6.36. The number of hydrogen-bond acceptors (Lipinski definition) is 1. The minimum atomic E-state index is -4.88. The third kappa shape index (κ3) is 2.61. The van der Waals surface area contributed by atoms with E-state index in [1.54, 1.807) is 0 Å². The zero-order chi connectivity index (χ0) is 10.1. The van der Waals surface area contributed by atoms with Crippen molar-refractivity contribution >= 4 is 0 Å². The molecule has 0 amide bonds. The lowest BCUT2D eigenvalue weighted by Gasteiger charge is -2.09. The van der Waals surface area contributed by atoms with Crippen LogP contribution >= 0.6 is 0 Å². The van der Waals surface area contributed by atoms with Gasteiger partial charge in [-0.3, -0.25) is 0 Å². The molecule has 0 aliphatic heterocycles. The van der Waals surface area contributed by atoms with Gasteiger partial charge in [0, 0.05) is 0 Å². The van der Waals surface area contributed by atoms with E-state index in [2.05, 4.69) is 11.7 Å². The van der Waals surface area contributed by atoms with E-state index in [1.807, 2.05) is 0 Å². The average Bonchev–Trinajstić information content (AvgIpc) is 1.96. The molecular formula is C8H5F4O. The minimum absolute atomic E-state index is 0.137. The number of alkyl halides is 3. The second-order valence-electron chi connectivity index (χ2n) is 2.28. The third-order valence-electron chi connectivity index (χ3n) is 1.27. The Bertz CT molecular complexity index is 306. The van der Waals surface area contributed by atoms with E-state index in [0.29, 0.717) is 0 Å². The van der Waals surface area contributed by atoms with E-state index < -0.39 is 17.9 Å². The first-order valence-corrected chi connectivity index (χ1v) is 3.26. The van der Waals surface area contributed by atoms with Crippen molar-refractivity contribution in [1.82, 2.24) is 0 Å². The van der Waals surface area contributed by atoms with Crippen molar-refractivity contribution < 1.29 is 22.3 Å². The minimum Gasteiger partial charge on any atom is -0.403 e. The van der Waals surface area contributed by atoms with Gasteiger partial charge in [0.2, 0.25) is 0 Å². The summed E-state index contributed by atoms with van der Waals surface area (Å²) < 4.78 is 51.2. The van der Waals surface area contributed by atoms with E-state index in [9.17, 15) is 17.6 Å². The van der Waals surface area contributed by atoms with Gasteiger partial charge in [0.15, 0.2) is 11.6 Å². The standard InChI is InChI=1S/C8H5F4O/c1-5-3-2-4-6(7(5)9)13-8(10,11)12/h2-4H,1H2. The fourth-order valence-electron chi connectivity index (χ4n) is 0.760. The highest BCUT2D eigenvalue weighted by Gasteiger charge is 2.32. The molecule has 0 N–H and O–H groups in total. The molecule has 13 heavy (non-hydrogen) atoms. The van der Waals surface area contributed by atoms with Crippen LogP contribution in [0.3, 0.4) is 0 Å². The van der Waals surface area contributed by atoms with Crippen molar-refractivity contribution in [2.75, 3.05) is 0 Å². The lowest BCUT2D eigenvalue weighted by atomic mass is 10.2. The molecule has 0 fully saturated rings. The Morgan fingerprint density at radius 2 is 1.85 bits per heavy atom. The molecule has 0 aromatic heterocycles. The van der Waals surface area contributed by atoms with Crippen molar-refractivity contribution in [3.63, 3.8) is 0 Å². The van der Waals surface area contributed by atoms with Crippen molar-refractivity contribution in [2.24, 2.45) is 0 Å². The van der Waals surface area contributed by atoms with Gasteiger partial charge in [-0.2, -0.15) is 0 Å². The number of halogens is 4. The summed E-state index contributed by atoms with van der Waals surface area (Å²) in [4.78, 5) is 0. The Labute approximate surface area is 71.9 Å². The molecule has 0 heterocycles. The molecule has 0 atom stereocenters. The molecule has 0 spiro atoms. The summed E-state index contributed by atoms with van der Waals surface area (Å²) >= 11 is 0. The topological polar surface area (TPSA) is 9.23 Å². The first-order chi connectivity index (χ1) is 5.90. The van der Waals surface area contributed by atoms with Crippen LogP contribution in [0.1, 0.15) is 5.56 Å². The van der Waals surface area contributed by atoms with E-state index in [1.165, 1.54) is 12.1 Å². The van der Waals surface area contributed by atoms with Gasteiger partial charge in [-0.05, 0) is 18.6 Å². The van der Waals surface area contributed by atoms with Crippen molar-refractivity contribution in [3.8, 4) is 5.75 Å². The summed E-state index contributed by atoms with van der Waals surface area (Å²) in [6.45, 7) is 3.19. The molecule has 0 saturated carbocycles. The molecule has 1 radical (unpaired) electrons. The summed E-state index contributed by atoms with van der Waals surface area (Å²) in [6.07, 6.45) is -4.88. The highest BCUT2D eigenvalue weighted by atomic mass is 19.4. The molecule has 1 rings (SSSR count). The Balaban J connectivity index is 2.96. The summed E-state index contributed by atoms with van der Waals surface area (Å²) in [7, 11) is 0. The first-order valence-electron chi connectivity index (χ1n) is 3.26. The maximum Gasteiger partial charge on any atom is 0.573 e. The second kappa shape index (κ2) is 3.24. The first kappa shape index (κ1) is 9.83. The quantitative estimate of drug-likeness (QED) is 0.623. The second-order valence-corrected chi connectivity index (χ2v) is 2.28. The van der Waals surface area contributed by atoms with Gasteiger partial charge in [0.05, 0.1) is 0 Å².